The predicted molar refractivity (Wildman–Crippen MR) is 192 cm³/mol. The van der Waals surface area contributed by atoms with Crippen LogP contribution in [0.2, 0.25) is 0 Å². The third kappa shape index (κ3) is 7.95. The highest BCUT2D eigenvalue weighted by Gasteiger charge is 2.64. The zero-order valence-electron chi connectivity index (χ0n) is 31.2. The summed E-state index contributed by atoms with van der Waals surface area (Å²) in [4.78, 5) is 60.9. The van der Waals surface area contributed by atoms with Gasteiger partial charge >= 0.3 is 12.3 Å². The van der Waals surface area contributed by atoms with Crippen molar-refractivity contribution in [3.63, 3.8) is 0 Å². The van der Waals surface area contributed by atoms with Crippen molar-refractivity contribution in [3.05, 3.63) is 42.6 Å². The van der Waals surface area contributed by atoms with Gasteiger partial charge in [-0.3, -0.25) is 19.3 Å². The molecule has 0 spiro atoms. The van der Waals surface area contributed by atoms with E-state index in [1.54, 1.807) is 41.1 Å². The van der Waals surface area contributed by atoms with Gasteiger partial charge in [0.25, 0.3) is 15.9 Å². The highest BCUT2D eigenvalue weighted by Crippen LogP contribution is 2.48. The van der Waals surface area contributed by atoms with Crippen LogP contribution in [0.15, 0.2) is 42.6 Å². The van der Waals surface area contributed by atoms with Gasteiger partial charge in [0.05, 0.1) is 13.7 Å². The van der Waals surface area contributed by atoms with E-state index in [4.69, 9.17) is 9.47 Å². The van der Waals surface area contributed by atoms with E-state index in [1.165, 1.54) is 20.2 Å². The molecule has 0 unspecified atom stereocenters. The standard InChI is InChI=1S/C37H45F4N5O9S/c1-20-7-5-6-8-24-18-36(24,33(49)44-56(52,53)35(38)12-13-35)43-30(47)28-17-26(55-31-27-10-9-25(54-4)16-23(27)11-14-42-31)19-45(28)32(48)29(21(2)15-20)46(34(50)51)22(3)37(39,40)41/h6,8-11,14,16,20-22,24,26,28-29H,5,7,12-13,15,17-19H2,1-4H3,(H,43,47)(H,44,49)(H,50,51)/t20-,21-,22-,24-,26-,28+,29+,36-/m1/s1. The average Bonchev–Trinajstić information content (AvgIpc) is 4.01. The van der Waals surface area contributed by atoms with Gasteiger partial charge in [0.1, 0.15) is 35.5 Å². The lowest BCUT2D eigenvalue weighted by atomic mass is 9.86. The van der Waals surface area contributed by atoms with Gasteiger partial charge in [-0.05, 0) is 74.1 Å². The van der Waals surface area contributed by atoms with Crippen LogP contribution >= 0.6 is 0 Å². The largest absolute Gasteiger partial charge is 0.497 e. The fourth-order valence-electron chi connectivity index (χ4n) is 7.85. The first kappa shape index (κ1) is 41.0. The molecule has 14 nitrogen and oxygen atoms in total. The molecule has 0 radical (unpaired) electrons. The second-order valence-electron chi connectivity index (χ2n) is 15.4. The summed E-state index contributed by atoms with van der Waals surface area (Å²) >= 11 is 0. The van der Waals surface area contributed by atoms with E-state index in [1.807, 2.05) is 6.92 Å². The molecule has 1 aromatic carbocycles. The Morgan fingerprint density at radius 2 is 1.88 bits per heavy atom. The van der Waals surface area contributed by atoms with Crippen LogP contribution in [0.4, 0.5) is 22.4 Å². The van der Waals surface area contributed by atoms with Crippen molar-refractivity contribution in [1.29, 1.82) is 0 Å². The lowest BCUT2D eigenvalue weighted by molar-refractivity contribution is -0.184. The molecule has 56 heavy (non-hydrogen) atoms. The molecule has 4 aliphatic rings. The molecule has 3 N–H and O–H groups in total. The fourth-order valence-corrected chi connectivity index (χ4v) is 9.10. The number of carbonyl (C=O) groups is 4. The van der Waals surface area contributed by atoms with Crippen LogP contribution < -0.4 is 19.5 Å². The molecule has 2 aliphatic heterocycles. The molecular formula is C37H45F4N5O9S. The maximum Gasteiger partial charge on any atom is 0.408 e. The van der Waals surface area contributed by atoms with Crippen LogP contribution in [0, 0.1) is 17.8 Å². The van der Waals surface area contributed by atoms with Gasteiger partial charge in [0.15, 0.2) is 0 Å². The molecule has 8 atom stereocenters. The number of halogens is 4. The van der Waals surface area contributed by atoms with Gasteiger partial charge in [-0.2, -0.15) is 13.2 Å². The summed E-state index contributed by atoms with van der Waals surface area (Å²) in [6.07, 6.45) is -3.15. The van der Waals surface area contributed by atoms with Gasteiger partial charge in [0, 0.05) is 36.8 Å². The third-order valence-electron chi connectivity index (χ3n) is 11.4. The van der Waals surface area contributed by atoms with Crippen molar-refractivity contribution in [1.82, 2.24) is 24.8 Å². The van der Waals surface area contributed by atoms with E-state index in [0.717, 1.165) is 4.90 Å². The SMILES string of the molecule is COc1ccc2c(O[C@@H]3C[C@H]4C(=O)N[C@]5(C(=O)NS(=O)(=O)C6(F)CC6)C[C@H]5C=CCC[C@@H](C)C[C@@H](C)[C@H](N(C(=O)O)[C@H](C)C(F)(F)F)C(=O)N4C3)nccc2c1. The van der Waals surface area contributed by atoms with Crippen LogP contribution in [0.1, 0.15) is 65.7 Å². The summed E-state index contributed by atoms with van der Waals surface area (Å²) in [6, 6.07) is 0.745. The maximum absolute atomic E-state index is 14.8. The Labute approximate surface area is 321 Å². The molecule has 4 amide bonds. The second kappa shape index (κ2) is 15.0. The summed E-state index contributed by atoms with van der Waals surface area (Å²) in [5.74, 6) is -4.47. The molecule has 306 valence electrons. The zero-order valence-corrected chi connectivity index (χ0v) is 32.0. The first-order valence-electron chi connectivity index (χ1n) is 18.4. The van der Waals surface area contributed by atoms with Gasteiger partial charge < -0.3 is 24.8 Å². The number of allylic oxidation sites excluding steroid dienone is 1. The molecule has 3 heterocycles. The second-order valence-corrected chi connectivity index (χ2v) is 17.4. The normalized spacial score (nSPS) is 29.8. The first-order valence-corrected chi connectivity index (χ1v) is 19.9. The maximum atomic E-state index is 14.8. The number of ether oxygens (including phenoxy) is 2. The van der Waals surface area contributed by atoms with Crippen LogP contribution in [0.5, 0.6) is 11.6 Å². The van der Waals surface area contributed by atoms with E-state index in [0.29, 0.717) is 36.3 Å². The Morgan fingerprint density at radius 1 is 1.16 bits per heavy atom. The number of methoxy groups -OCH3 is 1. The average molecular weight is 812 g/mol. The van der Waals surface area contributed by atoms with Gasteiger partial charge in [-0.1, -0.05) is 26.0 Å². The van der Waals surface area contributed by atoms with Crippen molar-refractivity contribution in [2.24, 2.45) is 17.8 Å². The smallest absolute Gasteiger partial charge is 0.408 e. The van der Waals surface area contributed by atoms with Crippen LogP contribution in [0.3, 0.4) is 0 Å². The summed E-state index contributed by atoms with van der Waals surface area (Å²) < 4.78 is 96.5. The lowest BCUT2D eigenvalue weighted by Crippen LogP contribution is -2.62. The Morgan fingerprint density at radius 3 is 2.52 bits per heavy atom. The van der Waals surface area contributed by atoms with Crippen LogP contribution in [-0.2, 0) is 24.4 Å². The lowest BCUT2D eigenvalue weighted by Gasteiger charge is -2.40. The number of benzene rings is 1. The molecule has 0 bridgehead atoms. The van der Waals surface area contributed by atoms with Gasteiger partial charge in [-0.25, -0.2) is 27.3 Å². The number of pyridine rings is 1. The monoisotopic (exact) mass is 811 g/mol. The number of alkyl halides is 4. The van der Waals surface area contributed by atoms with Crippen LogP contribution in [-0.4, -0.2) is 107 Å². The van der Waals surface area contributed by atoms with E-state index in [2.05, 4.69) is 10.3 Å². The van der Waals surface area contributed by atoms with Crippen molar-refractivity contribution < 1.29 is 59.7 Å². The Bertz CT molecular complexity index is 2030. The molecule has 2 aliphatic carbocycles. The van der Waals surface area contributed by atoms with E-state index in [-0.39, 0.29) is 55.3 Å². The minimum Gasteiger partial charge on any atom is -0.497 e. The third-order valence-corrected chi connectivity index (χ3v) is 13.2. The molecule has 1 aromatic heterocycles. The van der Waals surface area contributed by atoms with Crippen molar-refractivity contribution >= 4 is 44.6 Å². The summed E-state index contributed by atoms with van der Waals surface area (Å²) in [5, 5.41) is 11.4. The molecule has 1 saturated heterocycles. The number of nitrogens with zero attached hydrogens (tertiary/aromatic N) is 3. The quantitative estimate of drug-likeness (QED) is 0.250. The number of amides is 4. The molecular weight excluding hydrogens is 766 g/mol. The van der Waals surface area contributed by atoms with E-state index in [9.17, 15) is 50.3 Å². The van der Waals surface area contributed by atoms with Crippen molar-refractivity contribution in [3.8, 4) is 11.6 Å². The molecule has 2 saturated carbocycles. The highest BCUT2D eigenvalue weighted by molar-refractivity contribution is 7.91. The first-order chi connectivity index (χ1) is 26.2. The highest BCUT2D eigenvalue weighted by atomic mass is 32.2. The zero-order chi connectivity index (χ0) is 41.0. The Kier molecular flexibility index (Phi) is 11.0. The number of nitrogens with one attached hydrogen (secondary N) is 2. The minimum atomic E-state index is -5.05. The number of sulfonamides is 1. The number of carboxylic acid groups (broad SMARTS) is 1. The van der Waals surface area contributed by atoms with E-state index < -0.39 is 86.6 Å². The number of hydrogen-bond donors (Lipinski definition) is 3. The summed E-state index contributed by atoms with van der Waals surface area (Å²) in [5.41, 5.74) is -1.87. The molecule has 2 aromatic rings. The number of hydrogen-bond acceptors (Lipinski definition) is 9. The topological polar surface area (TPSA) is 185 Å². The minimum absolute atomic E-state index is 0.0645. The van der Waals surface area contributed by atoms with Crippen molar-refractivity contribution in [2.45, 2.75) is 107 Å². The fraction of sp³-hybridized carbons (Fsp3) is 0.595. The predicted octanol–water partition coefficient (Wildman–Crippen LogP) is 4.68. The molecule has 19 heteroatoms. The summed E-state index contributed by atoms with van der Waals surface area (Å²) in [6.45, 7) is 3.56. The molecule has 6 rings (SSSR count). The number of carbonyl (C=O) groups excluding carboxylic acids is 3. The Balaban J connectivity index is 1.40. The van der Waals surface area contributed by atoms with Crippen molar-refractivity contribution in [2.75, 3.05) is 13.7 Å². The van der Waals surface area contributed by atoms with Crippen LogP contribution in [0.25, 0.3) is 10.8 Å². The van der Waals surface area contributed by atoms with Gasteiger partial charge in [0.2, 0.25) is 22.7 Å². The summed E-state index contributed by atoms with van der Waals surface area (Å²) in [7, 11) is -3.28. The number of rotatable bonds is 8. The number of fused-ring (bicyclic) bond motifs is 3. The molecule has 3 fully saturated rings. The van der Waals surface area contributed by atoms with Gasteiger partial charge in [-0.15, -0.1) is 0 Å². The Hall–Kier alpha value is -4.68. The number of aromatic nitrogens is 1. The van der Waals surface area contributed by atoms with E-state index >= 15 is 0 Å².